The van der Waals surface area contributed by atoms with Gasteiger partial charge in [-0.25, -0.2) is 0 Å². The highest BCUT2D eigenvalue weighted by molar-refractivity contribution is 14.0. The number of nitrogens with one attached hydrogen (secondary N) is 2. The third-order valence-electron chi connectivity index (χ3n) is 4.57. The molecule has 1 fully saturated rings. The standard InChI is InChI=1S/C19H41N5O2.HI/c1-6-20-19(21-7-8-23(4)9-12-25-5)22-16-18(15-17(2)3)24-10-13-26-14-11-24;/h17-18H,6-16H2,1-5H3,(H2,20,21,22);1H. The summed E-state index contributed by atoms with van der Waals surface area (Å²) in [6, 6.07) is 0.485. The minimum atomic E-state index is 0. The van der Waals surface area contributed by atoms with Crippen molar-refractivity contribution in [2.45, 2.75) is 33.2 Å². The number of methoxy groups -OCH3 is 1. The molecule has 2 N–H and O–H groups in total. The molecule has 0 spiro atoms. The number of rotatable bonds is 12. The van der Waals surface area contributed by atoms with Crippen molar-refractivity contribution in [1.82, 2.24) is 20.4 Å². The van der Waals surface area contributed by atoms with E-state index in [1.165, 1.54) is 6.42 Å². The van der Waals surface area contributed by atoms with Gasteiger partial charge in [0.2, 0.25) is 0 Å². The number of hydrogen-bond donors (Lipinski definition) is 2. The normalized spacial score (nSPS) is 17.1. The number of nitrogens with zero attached hydrogens (tertiary/aromatic N) is 3. The van der Waals surface area contributed by atoms with Gasteiger partial charge in [0.1, 0.15) is 0 Å². The molecule has 0 radical (unpaired) electrons. The molecule has 1 atom stereocenters. The molecule has 8 heteroatoms. The smallest absolute Gasteiger partial charge is 0.191 e. The van der Waals surface area contributed by atoms with Crippen LogP contribution in [0.4, 0.5) is 0 Å². The Labute approximate surface area is 183 Å². The SMILES string of the molecule is CCNC(=NCC(CC(C)C)N1CCOCC1)NCCN(C)CCOC.I. The third kappa shape index (κ3) is 12.8. The molecule has 7 nitrogen and oxygen atoms in total. The summed E-state index contributed by atoms with van der Waals surface area (Å²) < 4.78 is 10.6. The number of hydrogen-bond acceptors (Lipinski definition) is 5. The van der Waals surface area contributed by atoms with E-state index in [1.54, 1.807) is 7.11 Å². The van der Waals surface area contributed by atoms with E-state index in [1.807, 2.05) is 0 Å². The minimum Gasteiger partial charge on any atom is -0.383 e. The van der Waals surface area contributed by atoms with Gasteiger partial charge in [0, 0.05) is 52.4 Å². The van der Waals surface area contributed by atoms with Crippen LogP contribution in [0.3, 0.4) is 0 Å². The van der Waals surface area contributed by atoms with Crippen LogP contribution in [0.25, 0.3) is 0 Å². The Morgan fingerprint density at radius 2 is 1.93 bits per heavy atom. The van der Waals surface area contributed by atoms with Crippen LogP contribution in [-0.2, 0) is 9.47 Å². The van der Waals surface area contributed by atoms with E-state index < -0.39 is 0 Å². The highest BCUT2D eigenvalue weighted by atomic mass is 127. The van der Waals surface area contributed by atoms with E-state index in [-0.39, 0.29) is 24.0 Å². The van der Waals surface area contributed by atoms with Gasteiger partial charge in [0.25, 0.3) is 0 Å². The number of likely N-dealkylation sites (N-methyl/N-ethyl adjacent to an activating group) is 1. The van der Waals surface area contributed by atoms with Gasteiger partial charge >= 0.3 is 0 Å². The van der Waals surface area contributed by atoms with Crippen LogP contribution in [0.1, 0.15) is 27.2 Å². The summed E-state index contributed by atoms with van der Waals surface area (Å²) >= 11 is 0. The van der Waals surface area contributed by atoms with E-state index >= 15 is 0 Å². The lowest BCUT2D eigenvalue weighted by Crippen LogP contribution is -2.47. The molecule has 0 aromatic carbocycles. The zero-order valence-corrected chi connectivity index (χ0v) is 20.3. The molecule has 1 aliphatic rings. The molecule has 1 heterocycles. The van der Waals surface area contributed by atoms with E-state index in [0.29, 0.717) is 12.0 Å². The summed E-state index contributed by atoms with van der Waals surface area (Å²) in [5.74, 6) is 1.58. The van der Waals surface area contributed by atoms with Gasteiger partial charge in [0.15, 0.2) is 5.96 Å². The average Bonchev–Trinajstić information content (AvgIpc) is 2.63. The highest BCUT2D eigenvalue weighted by Crippen LogP contribution is 2.14. The Hall–Kier alpha value is -0.160. The molecule has 0 amide bonds. The van der Waals surface area contributed by atoms with Crippen LogP contribution in [0.2, 0.25) is 0 Å². The van der Waals surface area contributed by atoms with E-state index in [9.17, 15) is 0 Å². The number of halogens is 1. The van der Waals surface area contributed by atoms with Crippen molar-refractivity contribution in [3.05, 3.63) is 0 Å². The van der Waals surface area contributed by atoms with Crippen LogP contribution in [0.5, 0.6) is 0 Å². The zero-order valence-electron chi connectivity index (χ0n) is 18.0. The predicted octanol–water partition coefficient (Wildman–Crippen LogP) is 1.48. The molecular weight excluding hydrogens is 457 g/mol. The predicted molar refractivity (Wildman–Crippen MR) is 124 cm³/mol. The van der Waals surface area contributed by atoms with Crippen LogP contribution in [0, 0.1) is 5.92 Å². The van der Waals surface area contributed by atoms with Gasteiger partial charge in [-0.3, -0.25) is 9.89 Å². The molecule has 1 aliphatic heterocycles. The molecule has 0 aromatic heterocycles. The lowest BCUT2D eigenvalue weighted by atomic mass is 10.0. The zero-order chi connectivity index (χ0) is 19.2. The topological polar surface area (TPSA) is 61.4 Å². The van der Waals surface area contributed by atoms with Gasteiger partial charge in [-0.15, -0.1) is 24.0 Å². The summed E-state index contributed by atoms with van der Waals surface area (Å²) in [7, 11) is 3.85. The Morgan fingerprint density at radius 3 is 2.52 bits per heavy atom. The molecule has 27 heavy (non-hydrogen) atoms. The molecular formula is C19H42IN5O2. The van der Waals surface area contributed by atoms with Crippen LogP contribution < -0.4 is 10.6 Å². The van der Waals surface area contributed by atoms with Crippen molar-refractivity contribution in [3.63, 3.8) is 0 Å². The molecule has 0 bridgehead atoms. The Balaban J connectivity index is 0.00000676. The number of guanidine groups is 1. The fraction of sp³-hybridized carbons (Fsp3) is 0.947. The van der Waals surface area contributed by atoms with Crippen molar-refractivity contribution >= 4 is 29.9 Å². The van der Waals surface area contributed by atoms with Crippen molar-refractivity contribution in [2.75, 3.05) is 79.8 Å². The molecule has 0 saturated carbocycles. The monoisotopic (exact) mass is 499 g/mol. The van der Waals surface area contributed by atoms with Crippen LogP contribution in [0.15, 0.2) is 4.99 Å². The summed E-state index contributed by atoms with van der Waals surface area (Å²) in [6.07, 6.45) is 1.17. The largest absolute Gasteiger partial charge is 0.383 e. The number of morpholine rings is 1. The van der Waals surface area contributed by atoms with Gasteiger partial charge in [0.05, 0.1) is 26.4 Å². The van der Waals surface area contributed by atoms with E-state index in [4.69, 9.17) is 14.5 Å². The Kier molecular flexibility index (Phi) is 16.7. The molecule has 0 aliphatic carbocycles. The molecule has 162 valence electrons. The summed E-state index contributed by atoms with van der Waals surface area (Å²) in [5.41, 5.74) is 0. The Bertz CT molecular complexity index is 379. The maximum absolute atomic E-state index is 5.51. The van der Waals surface area contributed by atoms with Gasteiger partial charge in [-0.2, -0.15) is 0 Å². The fourth-order valence-corrected chi connectivity index (χ4v) is 3.09. The van der Waals surface area contributed by atoms with Gasteiger partial charge in [-0.05, 0) is 26.3 Å². The summed E-state index contributed by atoms with van der Waals surface area (Å²) in [4.78, 5) is 9.67. The first-order valence-corrected chi connectivity index (χ1v) is 10.1. The second-order valence-electron chi connectivity index (χ2n) is 7.37. The van der Waals surface area contributed by atoms with Crippen LogP contribution in [-0.4, -0.2) is 102 Å². The van der Waals surface area contributed by atoms with E-state index in [0.717, 1.165) is 71.6 Å². The van der Waals surface area contributed by atoms with Crippen molar-refractivity contribution in [1.29, 1.82) is 0 Å². The lowest BCUT2D eigenvalue weighted by Gasteiger charge is -2.34. The van der Waals surface area contributed by atoms with E-state index in [2.05, 4.69) is 48.3 Å². The van der Waals surface area contributed by atoms with Gasteiger partial charge < -0.3 is 25.0 Å². The lowest BCUT2D eigenvalue weighted by molar-refractivity contribution is 0.0143. The van der Waals surface area contributed by atoms with Crippen molar-refractivity contribution in [2.24, 2.45) is 10.9 Å². The summed E-state index contributed by atoms with van der Waals surface area (Å²) in [6.45, 7) is 15.6. The first kappa shape index (κ1) is 26.8. The maximum atomic E-state index is 5.51. The number of aliphatic imine (C=N–C) groups is 1. The number of ether oxygens (including phenoxy) is 2. The summed E-state index contributed by atoms with van der Waals surface area (Å²) in [5, 5.41) is 6.82. The van der Waals surface area contributed by atoms with Crippen LogP contribution >= 0.6 is 24.0 Å². The third-order valence-corrected chi connectivity index (χ3v) is 4.57. The molecule has 1 rings (SSSR count). The quantitative estimate of drug-likeness (QED) is 0.241. The first-order chi connectivity index (χ1) is 12.6. The molecule has 1 saturated heterocycles. The Morgan fingerprint density at radius 1 is 1.22 bits per heavy atom. The van der Waals surface area contributed by atoms with Crippen molar-refractivity contribution < 1.29 is 9.47 Å². The second kappa shape index (κ2) is 16.8. The molecule has 1 unspecified atom stereocenters. The molecule has 0 aromatic rings. The van der Waals surface area contributed by atoms with Gasteiger partial charge in [-0.1, -0.05) is 13.8 Å². The fourth-order valence-electron chi connectivity index (χ4n) is 3.09. The highest BCUT2D eigenvalue weighted by Gasteiger charge is 2.21. The second-order valence-corrected chi connectivity index (χ2v) is 7.37. The maximum Gasteiger partial charge on any atom is 0.191 e. The average molecular weight is 499 g/mol. The van der Waals surface area contributed by atoms with Crippen molar-refractivity contribution in [3.8, 4) is 0 Å². The minimum absolute atomic E-state index is 0. The first-order valence-electron chi connectivity index (χ1n) is 10.1.